The molecule has 3 atom stereocenters. The first-order chi connectivity index (χ1) is 10.1. The molecule has 2 amide bonds. The fraction of sp³-hybridized carbons (Fsp3) is 0.875. The molecule has 0 aromatic heterocycles. The second kappa shape index (κ2) is 7.25. The first-order valence-corrected chi connectivity index (χ1v) is 8.39. The smallest absolute Gasteiger partial charge is 0.245 e. The Balaban J connectivity index is 2.13. The Morgan fingerprint density at radius 2 is 2.05 bits per heavy atom. The number of hydrogen-bond donors (Lipinski definition) is 1. The van der Waals surface area contributed by atoms with Crippen LogP contribution in [0.15, 0.2) is 0 Å². The van der Waals surface area contributed by atoms with Gasteiger partial charge in [-0.3, -0.25) is 9.59 Å². The van der Waals surface area contributed by atoms with E-state index in [4.69, 9.17) is 0 Å². The van der Waals surface area contributed by atoms with Gasteiger partial charge in [0.15, 0.2) is 0 Å². The zero-order valence-electron chi connectivity index (χ0n) is 13.6. The van der Waals surface area contributed by atoms with Gasteiger partial charge in [0.25, 0.3) is 0 Å². The van der Waals surface area contributed by atoms with E-state index in [1.165, 1.54) is 0 Å². The minimum Gasteiger partial charge on any atom is -0.344 e. The Morgan fingerprint density at radius 1 is 1.29 bits per heavy atom. The molecule has 3 unspecified atom stereocenters. The van der Waals surface area contributed by atoms with E-state index in [1.807, 2.05) is 11.8 Å². The van der Waals surface area contributed by atoms with Gasteiger partial charge in [-0.2, -0.15) is 0 Å². The molecule has 0 aliphatic carbocycles. The van der Waals surface area contributed by atoms with Crippen molar-refractivity contribution in [3.05, 3.63) is 0 Å². The third-order valence-electron chi connectivity index (χ3n) is 5.03. The first kappa shape index (κ1) is 16.3. The van der Waals surface area contributed by atoms with E-state index in [9.17, 15) is 9.59 Å². The Labute approximate surface area is 128 Å². The lowest BCUT2D eigenvalue weighted by molar-refractivity contribution is -0.138. The van der Waals surface area contributed by atoms with Gasteiger partial charge in [0.05, 0.1) is 0 Å². The van der Waals surface area contributed by atoms with Crippen LogP contribution in [0.25, 0.3) is 0 Å². The molecular formula is C16H29N3O2. The molecule has 1 N–H and O–H groups in total. The van der Waals surface area contributed by atoms with Gasteiger partial charge in [-0.15, -0.1) is 0 Å². The summed E-state index contributed by atoms with van der Waals surface area (Å²) in [6.07, 6.45) is 3.53. The molecule has 5 heteroatoms. The van der Waals surface area contributed by atoms with Crippen LogP contribution in [0.2, 0.25) is 0 Å². The first-order valence-electron chi connectivity index (χ1n) is 8.39. The van der Waals surface area contributed by atoms with Crippen molar-refractivity contribution >= 4 is 11.8 Å². The van der Waals surface area contributed by atoms with Crippen molar-refractivity contribution in [1.29, 1.82) is 0 Å². The molecule has 2 heterocycles. The van der Waals surface area contributed by atoms with E-state index in [-0.39, 0.29) is 29.8 Å². The third kappa shape index (κ3) is 3.76. The number of nitrogens with one attached hydrogen (secondary N) is 1. The molecule has 0 saturated carbocycles. The molecule has 2 saturated heterocycles. The number of piperidine rings is 1. The van der Waals surface area contributed by atoms with Gasteiger partial charge >= 0.3 is 0 Å². The minimum atomic E-state index is -0.345. The van der Waals surface area contributed by atoms with Crippen LogP contribution in [0, 0.1) is 5.92 Å². The fourth-order valence-electron chi connectivity index (χ4n) is 3.37. The maximum absolute atomic E-state index is 12.9. The highest BCUT2D eigenvalue weighted by atomic mass is 16.2. The van der Waals surface area contributed by atoms with Gasteiger partial charge < -0.3 is 15.1 Å². The minimum absolute atomic E-state index is 0.0132. The van der Waals surface area contributed by atoms with Crippen LogP contribution in [-0.2, 0) is 9.59 Å². The van der Waals surface area contributed by atoms with Crippen LogP contribution in [0.5, 0.6) is 0 Å². The summed E-state index contributed by atoms with van der Waals surface area (Å²) in [7, 11) is 0. The molecule has 2 aliphatic heterocycles. The van der Waals surface area contributed by atoms with Crippen LogP contribution >= 0.6 is 0 Å². The summed E-state index contributed by atoms with van der Waals surface area (Å²) in [5.41, 5.74) is 0. The third-order valence-corrected chi connectivity index (χ3v) is 5.03. The van der Waals surface area contributed by atoms with Crippen molar-refractivity contribution < 1.29 is 9.59 Å². The largest absolute Gasteiger partial charge is 0.344 e. The fourth-order valence-corrected chi connectivity index (χ4v) is 3.37. The summed E-state index contributed by atoms with van der Waals surface area (Å²) < 4.78 is 0. The monoisotopic (exact) mass is 295 g/mol. The molecule has 0 aromatic rings. The van der Waals surface area contributed by atoms with Crippen molar-refractivity contribution in [3.8, 4) is 0 Å². The molecule has 0 aromatic carbocycles. The Kier molecular flexibility index (Phi) is 5.62. The van der Waals surface area contributed by atoms with E-state index in [2.05, 4.69) is 24.1 Å². The van der Waals surface area contributed by atoms with E-state index >= 15 is 0 Å². The maximum atomic E-state index is 12.9. The summed E-state index contributed by atoms with van der Waals surface area (Å²) in [4.78, 5) is 29.2. The SMILES string of the molecule is CCC(C)C1NC(=O)CCN(C2CCCN(CC)C2)C1=O. The lowest BCUT2D eigenvalue weighted by Crippen LogP contribution is -2.55. The van der Waals surface area contributed by atoms with Gasteiger partial charge in [0.2, 0.25) is 11.8 Å². The molecule has 5 nitrogen and oxygen atoms in total. The number of nitrogens with zero attached hydrogens (tertiary/aromatic N) is 2. The molecule has 2 rings (SSSR count). The van der Waals surface area contributed by atoms with Crippen molar-refractivity contribution in [2.24, 2.45) is 5.92 Å². The molecular weight excluding hydrogens is 266 g/mol. The lowest BCUT2D eigenvalue weighted by Gasteiger charge is -2.39. The predicted octanol–water partition coefficient (Wildman–Crippen LogP) is 1.23. The van der Waals surface area contributed by atoms with E-state index in [1.54, 1.807) is 0 Å². The zero-order chi connectivity index (χ0) is 15.4. The molecule has 120 valence electrons. The van der Waals surface area contributed by atoms with Gasteiger partial charge in [0.1, 0.15) is 6.04 Å². The highest BCUT2D eigenvalue weighted by Crippen LogP contribution is 2.21. The van der Waals surface area contributed by atoms with Crippen molar-refractivity contribution in [2.45, 2.75) is 58.5 Å². The van der Waals surface area contributed by atoms with E-state index < -0.39 is 0 Å². The second-order valence-electron chi connectivity index (χ2n) is 6.40. The summed E-state index contributed by atoms with van der Waals surface area (Å²) in [5, 5.41) is 2.93. The topological polar surface area (TPSA) is 52.7 Å². The van der Waals surface area contributed by atoms with Gasteiger partial charge in [-0.1, -0.05) is 27.2 Å². The molecule has 0 radical (unpaired) electrons. The van der Waals surface area contributed by atoms with Crippen molar-refractivity contribution in [1.82, 2.24) is 15.1 Å². The summed E-state index contributed by atoms with van der Waals surface area (Å²) in [6, 6.07) is -0.0764. The molecule has 2 aliphatic rings. The summed E-state index contributed by atoms with van der Waals surface area (Å²) in [6.45, 7) is 9.96. The average Bonchev–Trinajstić information content (AvgIpc) is 2.66. The quantitative estimate of drug-likeness (QED) is 0.849. The van der Waals surface area contributed by atoms with Crippen LogP contribution < -0.4 is 5.32 Å². The van der Waals surface area contributed by atoms with Gasteiger partial charge in [-0.05, 0) is 31.8 Å². The average molecular weight is 295 g/mol. The van der Waals surface area contributed by atoms with Gasteiger partial charge in [0, 0.05) is 25.6 Å². The summed E-state index contributed by atoms with van der Waals surface area (Å²) >= 11 is 0. The molecule has 21 heavy (non-hydrogen) atoms. The lowest BCUT2D eigenvalue weighted by atomic mass is 9.96. The van der Waals surface area contributed by atoms with Crippen LogP contribution in [-0.4, -0.2) is 59.9 Å². The Bertz CT molecular complexity index is 386. The predicted molar refractivity (Wildman–Crippen MR) is 82.9 cm³/mol. The normalized spacial score (nSPS) is 30.0. The molecule has 0 bridgehead atoms. The summed E-state index contributed by atoms with van der Waals surface area (Å²) in [5.74, 6) is 0.324. The Morgan fingerprint density at radius 3 is 2.71 bits per heavy atom. The molecule has 0 spiro atoms. The molecule has 2 fully saturated rings. The highest BCUT2D eigenvalue weighted by Gasteiger charge is 2.37. The van der Waals surface area contributed by atoms with Crippen LogP contribution in [0.3, 0.4) is 0 Å². The standard InChI is InChI=1S/C16H29N3O2/c1-4-12(3)15-16(21)19(10-8-14(20)17-15)13-7-6-9-18(5-2)11-13/h12-13,15H,4-11H2,1-3H3,(H,17,20). The number of hydrogen-bond acceptors (Lipinski definition) is 3. The number of rotatable bonds is 4. The Hall–Kier alpha value is -1.10. The van der Waals surface area contributed by atoms with Crippen molar-refractivity contribution in [2.75, 3.05) is 26.2 Å². The second-order valence-corrected chi connectivity index (χ2v) is 6.40. The number of carbonyl (C=O) groups is 2. The number of amides is 2. The number of likely N-dealkylation sites (tertiary alicyclic amines) is 1. The van der Waals surface area contributed by atoms with E-state index in [0.29, 0.717) is 13.0 Å². The van der Waals surface area contributed by atoms with E-state index in [0.717, 1.165) is 38.9 Å². The highest BCUT2D eigenvalue weighted by molar-refractivity contribution is 5.90. The van der Waals surface area contributed by atoms with Crippen LogP contribution in [0.1, 0.15) is 46.5 Å². The number of likely N-dealkylation sites (N-methyl/N-ethyl adjacent to an activating group) is 1. The van der Waals surface area contributed by atoms with Crippen molar-refractivity contribution in [3.63, 3.8) is 0 Å². The zero-order valence-corrected chi connectivity index (χ0v) is 13.6. The van der Waals surface area contributed by atoms with Gasteiger partial charge in [-0.25, -0.2) is 0 Å². The number of carbonyl (C=O) groups excluding carboxylic acids is 2. The van der Waals surface area contributed by atoms with Crippen LogP contribution in [0.4, 0.5) is 0 Å². The maximum Gasteiger partial charge on any atom is 0.245 e.